The van der Waals surface area contributed by atoms with Crippen LogP contribution < -0.4 is 14.8 Å². The van der Waals surface area contributed by atoms with E-state index in [1.54, 1.807) is 6.26 Å². The van der Waals surface area contributed by atoms with E-state index in [2.05, 4.69) is 20.8 Å². The third-order valence-electron chi connectivity index (χ3n) is 4.27. The van der Waals surface area contributed by atoms with Crippen LogP contribution in [0.4, 0.5) is 18.9 Å². The molecule has 1 aromatic rings. The third-order valence-corrected chi connectivity index (χ3v) is 4.69. The quantitative estimate of drug-likeness (QED) is 0.773. The highest BCUT2D eigenvalue weighted by Crippen LogP contribution is 2.54. The summed E-state index contributed by atoms with van der Waals surface area (Å²) in [7, 11) is 0. The lowest BCUT2D eigenvalue weighted by atomic mass is 10.1. The Hall–Kier alpha value is -2.34. The molecule has 132 valence electrons. The highest BCUT2D eigenvalue weighted by molar-refractivity contribution is 7.99. The molecule has 0 aromatic heterocycles. The van der Waals surface area contributed by atoms with E-state index in [4.69, 9.17) is 5.26 Å². The van der Waals surface area contributed by atoms with Crippen molar-refractivity contribution in [3.63, 3.8) is 0 Å². The maximum Gasteiger partial charge on any atom is 0.573 e. The van der Waals surface area contributed by atoms with Gasteiger partial charge in [0.25, 0.3) is 5.91 Å². The maximum atomic E-state index is 12.6. The Morgan fingerprint density at radius 3 is 2.76 bits per heavy atom. The van der Waals surface area contributed by atoms with Crippen LogP contribution in [0.1, 0.15) is 29.6 Å². The van der Waals surface area contributed by atoms with Gasteiger partial charge in [-0.15, -0.1) is 13.2 Å². The number of halogens is 3. The molecule has 1 amide bonds. The molecule has 3 rings (SSSR count). The number of alkyl halides is 3. The Labute approximate surface area is 146 Å². The first-order valence-corrected chi connectivity index (χ1v) is 8.64. The number of benzene rings is 1. The highest BCUT2D eigenvalue weighted by Gasteiger charge is 2.55. The van der Waals surface area contributed by atoms with Crippen molar-refractivity contribution in [2.24, 2.45) is 0 Å². The number of allylic oxidation sites excluding steroid dienone is 1. The Bertz CT molecular complexity index is 801. The minimum Gasteiger partial charge on any atom is -0.406 e. The number of anilines is 1. The van der Waals surface area contributed by atoms with Crippen LogP contribution in [-0.2, 0) is 0 Å². The van der Waals surface area contributed by atoms with Crippen LogP contribution in [0.15, 0.2) is 29.3 Å². The van der Waals surface area contributed by atoms with Gasteiger partial charge in [-0.2, -0.15) is 5.26 Å². The summed E-state index contributed by atoms with van der Waals surface area (Å²) in [5, 5.41) is 11.9. The summed E-state index contributed by atoms with van der Waals surface area (Å²) in [6, 6.07) is 5.67. The Balaban J connectivity index is 1.81. The average molecular weight is 369 g/mol. The molecule has 2 aliphatic carbocycles. The van der Waals surface area contributed by atoms with Crippen molar-refractivity contribution in [2.45, 2.75) is 31.2 Å². The first-order valence-electron chi connectivity index (χ1n) is 7.42. The number of carbonyl (C=O) groups excluding carboxylic acids is 1. The molecule has 1 fully saturated rings. The fourth-order valence-electron chi connectivity index (χ4n) is 3.08. The van der Waals surface area contributed by atoms with Crippen molar-refractivity contribution in [2.75, 3.05) is 11.0 Å². The summed E-state index contributed by atoms with van der Waals surface area (Å²) >= 11 is 1.15. The van der Waals surface area contributed by atoms with E-state index in [9.17, 15) is 18.0 Å². The number of nitrogens with one attached hydrogen (secondary N) is 2. The van der Waals surface area contributed by atoms with Crippen LogP contribution in [0.5, 0.6) is 5.75 Å². The van der Waals surface area contributed by atoms with Gasteiger partial charge >= 0.3 is 6.36 Å². The monoisotopic (exact) mass is 369 g/mol. The lowest BCUT2D eigenvalue weighted by molar-refractivity contribution is -0.274. The van der Waals surface area contributed by atoms with Gasteiger partial charge in [0, 0.05) is 17.9 Å². The van der Waals surface area contributed by atoms with E-state index in [1.165, 1.54) is 6.07 Å². The molecule has 2 N–H and O–H groups in total. The summed E-state index contributed by atoms with van der Waals surface area (Å²) in [6.45, 7) is 0. The molecule has 5 nitrogen and oxygen atoms in total. The first kappa shape index (κ1) is 17.5. The zero-order valence-corrected chi connectivity index (χ0v) is 14.0. The molecule has 0 aliphatic heterocycles. The summed E-state index contributed by atoms with van der Waals surface area (Å²) in [4.78, 5) is 12.6. The van der Waals surface area contributed by atoms with Crippen LogP contribution in [0.25, 0.3) is 0 Å². The zero-order chi connectivity index (χ0) is 18.2. The van der Waals surface area contributed by atoms with E-state index in [-0.39, 0.29) is 11.3 Å². The van der Waals surface area contributed by atoms with E-state index in [0.717, 1.165) is 35.2 Å². The number of fused-ring (bicyclic) bond motifs is 1. The van der Waals surface area contributed by atoms with Gasteiger partial charge in [0.2, 0.25) is 0 Å². The van der Waals surface area contributed by atoms with E-state index in [1.807, 2.05) is 0 Å². The molecule has 0 bridgehead atoms. The van der Waals surface area contributed by atoms with E-state index in [0.29, 0.717) is 19.3 Å². The minimum absolute atomic E-state index is 0.218. The SMILES string of the molecule is CSNc1cc(OC(F)(F)F)ccc1C(=O)NC12CCC(C#N)=C1C2. The molecule has 1 atom stereocenters. The predicted octanol–water partition coefficient (Wildman–Crippen LogP) is 3.76. The maximum absolute atomic E-state index is 12.6. The van der Waals surface area contributed by atoms with E-state index >= 15 is 0 Å². The third kappa shape index (κ3) is 3.54. The minimum atomic E-state index is -4.80. The number of hydrogen-bond acceptors (Lipinski definition) is 5. The molecule has 0 heterocycles. The van der Waals surface area contributed by atoms with Crippen molar-refractivity contribution in [1.82, 2.24) is 5.32 Å². The number of nitriles is 1. The van der Waals surface area contributed by atoms with Crippen molar-refractivity contribution in [3.05, 3.63) is 34.9 Å². The summed E-state index contributed by atoms with van der Waals surface area (Å²) in [5.41, 5.74) is 1.67. The second kappa shape index (κ2) is 6.19. The molecular weight excluding hydrogens is 355 g/mol. The van der Waals surface area contributed by atoms with Crippen LogP contribution >= 0.6 is 11.9 Å². The lowest BCUT2D eigenvalue weighted by Gasteiger charge is -2.17. The van der Waals surface area contributed by atoms with Gasteiger partial charge in [0.1, 0.15) is 5.75 Å². The zero-order valence-electron chi connectivity index (χ0n) is 13.2. The van der Waals surface area contributed by atoms with Gasteiger partial charge in [0.05, 0.1) is 22.9 Å². The number of carbonyl (C=O) groups is 1. The molecule has 0 spiro atoms. The highest BCUT2D eigenvalue weighted by atomic mass is 32.2. The molecule has 1 unspecified atom stereocenters. The van der Waals surface area contributed by atoms with Crippen LogP contribution in [-0.4, -0.2) is 24.1 Å². The largest absolute Gasteiger partial charge is 0.573 e. The summed E-state index contributed by atoms with van der Waals surface area (Å²) in [5.74, 6) is -0.803. The molecule has 9 heteroatoms. The standard InChI is InChI=1S/C16H14F3N3O2S/c1-25-22-13-6-10(24-16(17,18)19)2-3-11(13)14(23)21-15-5-4-9(8-20)12(15)7-15/h2-3,6,22H,4-5,7H2,1H3,(H,21,23). The van der Waals surface area contributed by atoms with Crippen LogP contribution in [0.2, 0.25) is 0 Å². The Morgan fingerprint density at radius 2 is 2.20 bits per heavy atom. The summed E-state index contributed by atoms with van der Waals surface area (Å²) in [6.07, 6.45) is -1.14. The van der Waals surface area contributed by atoms with Gasteiger partial charge in [0.15, 0.2) is 0 Å². The second-order valence-electron chi connectivity index (χ2n) is 5.84. The fourth-order valence-corrected chi connectivity index (χ4v) is 3.47. The number of ether oxygens (including phenoxy) is 1. The molecular formula is C16H14F3N3O2S. The summed E-state index contributed by atoms with van der Waals surface area (Å²) < 4.78 is 43.8. The van der Waals surface area contributed by atoms with Crippen molar-refractivity contribution >= 4 is 23.5 Å². The molecule has 2 aliphatic rings. The first-order chi connectivity index (χ1) is 11.8. The number of amides is 1. The number of rotatable bonds is 5. The second-order valence-corrected chi connectivity index (χ2v) is 6.46. The number of nitrogens with zero attached hydrogens (tertiary/aromatic N) is 1. The van der Waals surface area contributed by atoms with Gasteiger partial charge < -0.3 is 14.8 Å². The topological polar surface area (TPSA) is 74.2 Å². The van der Waals surface area contributed by atoms with Gasteiger partial charge in [-0.25, -0.2) is 0 Å². The van der Waals surface area contributed by atoms with Crippen molar-refractivity contribution in [3.8, 4) is 11.8 Å². The van der Waals surface area contributed by atoms with Gasteiger partial charge in [-0.1, -0.05) is 11.9 Å². The van der Waals surface area contributed by atoms with E-state index < -0.39 is 23.6 Å². The predicted molar refractivity (Wildman–Crippen MR) is 86.9 cm³/mol. The fraction of sp³-hybridized carbons (Fsp3) is 0.375. The lowest BCUT2D eigenvalue weighted by Crippen LogP contribution is -2.36. The van der Waals surface area contributed by atoms with Crippen molar-refractivity contribution < 1.29 is 22.7 Å². The van der Waals surface area contributed by atoms with Crippen molar-refractivity contribution in [1.29, 1.82) is 5.26 Å². The van der Waals surface area contributed by atoms with Gasteiger partial charge in [-0.3, -0.25) is 4.79 Å². The molecule has 1 saturated carbocycles. The normalized spacial score (nSPS) is 21.4. The van der Waals surface area contributed by atoms with Crippen LogP contribution in [0.3, 0.4) is 0 Å². The number of hydrogen-bond donors (Lipinski definition) is 2. The average Bonchev–Trinajstić information content (AvgIpc) is 3.11. The molecule has 25 heavy (non-hydrogen) atoms. The Morgan fingerprint density at radius 1 is 1.44 bits per heavy atom. The smallest absolute Gasteiger partial charge is 0.406 e. The molecule has 1 aromatic carbocycles. The molecule has 0 saturated heterocycles. The molecule has 0 radical (unpaired) electrons. The Kier molecular flexibility index (Phi) is 4.33. The van der Waals surface area contributed by atoms with Crippen LogP contribution in [0, 0.1) is 11.3 Å². The van der Waals surface area contributed by atoms with Gasteiger partial charge in [-0.05, 0) is 37.0 Å².